The number of alkyl halides is 2. The number of ether oxygens (including phenoxy) is 1. The molecule has 2 aromatic carbocycles. The van der Waals surface area contributed by atoms with E-state index in [-0.39, 0.29) is 17.5 Å². The van der Waals surface area contributed by atoms with E-state index >= 15 is 0 Å². The molecule has 0 spiro atoms. The molecule has 0 fully saturated rings. The predicted octanol–water partition coefficient (Wildman–Crippen LogP) is 4.00. The molecular weight excluding hydrogens is 373 g/mol. The van der Waals surface area contributed by atoms with E-state index in [2.05, 4.69) is 30.2 Å². The average molecular weight is 386 g/mol. The fourth-order valence-corrected chi connectivity index (χ4v) is 2.76. The number of hydrogen-bond donors (Lipinski definition) is 1. The SMILES string of the molecule is Cc1nc2ccc(F)cc2n1-c1cnnc(Nc2ccc(OC(F)F)cc2)n1. The Balaban J connectivity index is 1.64. The molecule has 2 aromatic heterocycles. The third kappa shape index (κ3) is 3.56. The fraction of sp³-hybridized carbons (Fsp3) is 0.111. The lowest BCUT2D eigenvalue weighted by molar-refractivity contribution is -0.0498. The lowest BCUT2D eigenvalue weighted by Crippen LogP contribution is -2.06. The van der Waals surface area contributed by atoms with Gasteiger partial charge in [0.25, 0.3) is 0 Å². The van der Waals surface area contributed by atoms with Crippen molar-refractivity contribution >= 4 is 22.7 Å². The van der Waals surface area contributed by atoms with E-state index in [0.29, 0.717) is 28.4 Å². The normalized spacial score (nSPS) is 11.2. The van der Waals surface area contributed by atoms with E-state index in [1.54, 1.807) is 29.7 Å². The maximum atomic E-state index is 13.7. The lowest BCUT2D eigenvalue weighted by atomic mass is 10.3. The van der Waals surface area contributed by atoms with E-state index in [9.17, 15) is 13.2 Å². The van der Waals surface area contributed by atoms with Crippen LogP contribution in [-0.4, -0.2) is 31.3 Å². The summed E-state index contributed by atoms with van der Waals surface area (Å²) in [5.74, 6) is 0.843. The van der Waals surface area contributed by atoms with Gasteiger partial charge in [-0.05, 0) is 43.3 Å². The molecule has 4 aromatic rings. The Morgan fingerprint density at radius 3 is 2.61 bits per heavy atom. The average Bonchev–Trinajstić information content (AvgIpc) is 2.98. The Hall–Kier alpha value is -3.69. The van der Waals surface area contributed by atoms with Crippen LogP contribution in [0.3, 0.4) is 0 Å². The molecule has 7 nitrogen and oxygen atoms in total. The maximum absolute atomic E-state index is 13.7. The van der Waals surface area contributed by atoms with Gasteiger partial charge < -0.3 is 10.1 Å². The smallest absolute Gasteiger partial charge is 0.387 e. The van der Waals surface area contributed by atoms with Gasteiger partial charge in [-0.3, -0.25) is 4.57 Å². The van der Waals surface area contributed by atoms with Crippen molar-refractivity contribution in [3.63, 3.8) is 0 Å². The number of aryl methyl sites for hydroxylation is 1. The Kier molecular flexibility index (Phi) is 4.52. The fourth-order valence-electron chi connectivity index (χ4n) is 2.76. The number of hydrogen-bond acceptors (Lipinski definition) is 6. The van der Waals surface area contributed by atoms with Crippen LogP contribution in [0.15, 0.2) is 48.7 Å². The third-order valence-corrected chi connectivity index (χ3v) is 3.90. The van der Waals surface area contributed by atoms with Crippen LogP contribution < -0.4 is 10.1 Å². The number of anilines is 2. The molecule has 0 saturated heterocycles. The molecule has 0 bridgehead atoms. The second-order valence-electron chi connectivity index (χ2n) is 5.79. The molecule has 0 radical (unpaired) electrons. The summed E-state index contributed by atoms with van der Waals surface area (Å²) in [5.41, 5.74) is 1.73. The minimum Gasteiger partial charge on any atom is -0.435 e. The quantitative estimate of drug-likeness (QED) is 0.559. The predicted molar refractivity (Wildman–Crippen MR) is 95.5 cm³/mol. The molecular formula is C18H13F3N6O. The second kappa shape index (κ2) is 7.14. The van der Waals surface area contributed by atoms with Gasteiger partial charge in [0, 0.05) is 11.8 Å². The Labute approximate surface area is 156 Å². The first-order valence-corrected chi connectivity index (χ1v) is 8.16. The summed E-state index contributed by atoms with van der Waals surface area (Å²) in [6, 6.07) is 10.2. The van der Waals surface area contributed by atoms with Crippen molar-refractivity contribution in [1.29, 1.82) is 0 Å². The Morgan fingerprint density at radius 2 is 1.86 bits per heavy atom. The maximum Gasteiger partial charge on any atom is 0.387 e. The van der Waals surface area contributed by atoms with Gasteiger partial charge in [0.05, 0.1) is 17.2 Å². The second-order valence-corrected chi connectivity index (χ2v) is 5.79. The van der Waals surface area contributed by atoms with Crippen molar-refractivity contribution in [1.82, 2.24) is 24.7 Å². The minimum atomic E-state index is -2.89. The van der Waals surface area contributed by atoms with Crippen LogP contribution in [0.2, 0.25) is 0 Å². The summed E-state index contributed by atoms with van der Waals surface area (Å²) in [6.45, 7) is -1.12. The number of halogens is 3. The number of aromatic nitrogens is 5. The highest BCUT2D eigenvalue weighted by molar-refractivity contribution is 5.78. The van der Waals surface area contributed by atoms with Crippen LogP contribution >= 0.6 is 0 Å². The molecule has 0 unspecified atom stereocenters. The minimum absolute atomic E-state index is 0.0379. The van der Waals surface area contributed by atoms with E-state index in [4.69, 9.17) is 0 Å². The zero-order valence-electron chi connectivity index (χ0n) is 14.5. The topological polar surface area (TPSA) is 77.8 Å². The highest BCUT2D eigenvalue weighted by Crippen LogP contribution is 2.23. The molecule has 10 heteroatoms. The largest absolute Gasteiger partial charge is 0.435 e. The number of nitrogens with one attached hydrogen (secondary N) is 1. The first kappa shape index (κ1) is 17.7. The van der Waals surface area contributed by atoms with Crippen LogP contribution in [0, 0.1) is 12.7 Å². The summed E-state index contributed by atoms with van der Waals surface area (Å²) in [7, 11) is 0. The van der Waals surface area contributed by atoms with Crippen LogP contribution in [0.1, 0.15) is 5.82 Å². The number of nitrogens with zero attached hydrogens (tertiary/aromatic N) is 5. The number of rotatable bonds is 5. The van der Waals surface area contributed by atoms with Crippen molar-refractivity contribution in [2.24, 2.45) is 0 Å². The van der Waals surface area contributed by atoms with Gasteiger partial charge in [-0.15, -0.1) is 5.10 Å². The Bertz CT molecular complexity index is 1130. The molecule has 0 atom stereocenters. The monoisotopic (exact) mass is 386 g/mol. The van der Waals surface area contributed by atoms with E-state index in [1.165, 1.54) is 30.5 Å². The molecule has 4 rings (SSSR count). The molecule has 0 saturated carbocycles. The molecule has 1 N–H and O–H groups in total. The zero-order chi connectivity index (χ0) is 19.7. The van der Waals surface area contributed by atoms with Crippen LogP contribution in [0.25, 0.3) is 16.9 Å². The van der Waals surface area contributed by atoms with Crippen LogP contribution in [0.4, 0.5) is 24.8 Å². The first-order valence-electron chi connectivity index (χ1n) is 8.16. The highest BCUT2D eigenvalue weighted by Gasteiger charge is 2.13. The summed E-state index contributed by atoms with van der Waals surface area (Å²) in [5, 5.41) is 10.8. The van der Waals surface area contributed by atoms with Crippen molar-refractivity contribution in [3.05, 3.63) is 60.3 Å². The number of benzene rings is 2. The standard InChI is InChI=1S/C18H13F3N6O/c1-10-23-14-7-2-11(19)8-15(14)27(10)16-9-22-26-18(25-16)24-12-3-5-13(6-4-12)28-17(20)21/h2-9,17H,1H3,(H,24,25,26). The van der Waals surface area contributed by atoms with Crippen molar-refractivity contribution in [2.75, 3.05) is 5.32 Å². The van der Waals surface area contributed by atoms with Gasteiger partial charge in [0.1, 0.15) is 17.4 Å². The van der Waals surface area contributed by atoms with E-state index in [0.717, 1.165) is 0 Å². The molecule has 0 aliphatic rings. The summed E-state index contributed by atoms with van der Waals surface area (Å²) in [6.07, 6.45) is 1.43. The molecule has 142 valence electrons. The molecule has 28 heavy (non-hydrogen) atoms. The van der Waals surface area contributed by atoms with Gasteiger partial charge in [-0.25, -0.2) is 9.37 Å². The zero-order valence-corrected chi connectivity index (χ0v) is 14.5. The lowest BCUT2D eigenvalue weighted by Gasteiger charge is -2.09. The van der Waals surface area contributed by atoms with Gasteiger partial charge >= 0.3 is 6.61 Å². The number of imidazole rings is 1. The van der Waals surface area contributed by atoms with Crippen molar-refractivity contribution in [2.45, 2.75) is 13.5 Å². The van der Waals surface area contributed by atoms with Gasteiger partial charge in [0.15, 0.2) is 5.82 Å². The number of fused-ring (bicyclic) bond motifs is 1. The van der Waals surface area contributed by atoms with Gasteiger partial charge in [-0.1, -0.05) is 0 Å². The summed E-state index contributed by atoms with van der Waals surface area (Å²) >= 11 is 0. The first-order chi connectivity index (χ1) is 13.5. The summed E-state index contributed by atoms with van der Waals surface area (Å²) in [4.78, 5) is 8.78. The summed E-state index contributed by atoms with van der Waals surface area (Å²) < 4.78 is 44.1. The Morgan fingerprint density at radius 1 is 1.07 bits per heavy atom. The van der Waals surface area contributed by atoms with E-state index in [1.807, 2.05) is 0 Å². The third-order valence-electron chi connectivity index (χ3n) is 3.90. The molecule has 0 aliphatic carbocycles. The van der Waals surface area contributed by atoms with Crippen molar-refractivity contribution in [3.8, 4) is 11.6 Å². The van der Waals surface area contributed by atoms with Crippen LogP contribution in [0.5, 0.6) is 5.75 Å². The van der Waals surface area contributed by atoms with Crippen LogP contribution in [-0.2, 0) is 0 Å². The van der Waals surface area contributed by atoms with Gasteiger partial charge in [-0.2, -0.15) is 18.9 Å². The molecule has 2 heterocycles. The van der Waals surface area contributed by atoms with E-state index < -0.39 is 6.61 Å². The van der Waals surface area contributed by atoms with Crippen molar-refractivity contribution < 1.29 is 17.9 Å². The van der Waals surface area contributed by atoms with Gasteiger partial charge in [0.2, 0.25) is 5.95 Å². The highest BCUT2D eigenvalue weighted by atomic mass is 19.3. The molecule has 0 amide bonds. The molecule has 0 aliphatic heterocycles.